The fraction of sp³-hybridized carbons (Fsp3) is 0.261. The number of ether oxygens (including phenoxy) is 1. The van der Waals surface area contributed by atoms with Crippen molar-refractivity contribution in [3.05, 3.63) is 54.0 Å². The summed E-state index contributed by atoms with van der Waals surface area (Å²) in [5, 5.41) is 14.5. The molecule has 1 atom stereocenters. The zero-order valence-corrected chi connectivity index (χ0v) is 18.4. The van der Waals surface area contributed by atoms with Gasteiger partial charge < -0.3 is 24.7 Å². The maximum absolute atomic E-state index is 13.6. The molecule has 1 saturated heterocycles. The molecule has 0 radical (unpaired) electrons. The van der Waals surface area contributed by atoms with Crippen molar-refractivity contribution in [2.24, 2.45) is 0 Å². The van der Waals surface area contributed by atoms with E-state index in [1.807, 2.05) is 0 Å². The summed E-state index contributed by atoms with van der Waals surface area (Å²) in [6.07, 6.45) is 1.80. The Morgan fingerprint density at radius 1 is 1.29 bits per heavy atom. The van der Waals surface area contributed by atoms with Gasteiger partial charge in [-0.05, 0) is 30.3 Å². The molecule has 3 aromatic rings. The summed E-state index contributed by atoms with van der Waals surface area (Å²) in [7, 11) is 1.51. The fourth-order valence-electron chi connectivity index (χ4n) is 3.68. The lowest BCUT2D eigenvalue weighted by molar-refractivity contribution is -0.131. The lowest BCUT2D eigenvalue weighted by Gasteiger charge is -2.19. The largest absolute Gasteiger partial charge is 0.497 e. The monoisotopic (exact) mass is 483 g/mol. The van der Waals surface area contributed by atoms with Gasteiger partial charge >= 0.3 is 0 Å². The summed E-state index contributed by atoms with van der Waals surface area (Å²) in [4.78, 5) is 42.4. The van der Waals surface area contributed by atoms with Crippen molar-refractivity contribution >= 4 is 34.4 Å². The number of nitriles is 1. The number of nitrogens with zero attached hydrogens (tertiary/aromatic N) is 3. The Morgan fingerprint density at radius 3 is 2.83 bits per heavy atom. The first-order valence-electron chi connectivity index (χ1n) is 10.4. The van der Waals surface area contributed by atoms with Crippen LogP contribution >= 0.6 is 0 Å². The minimum atomic E-state index is -3.16. The predicted molar refractivity (Wildman–Crippen MR) is 118 cm³/mol. The van der Waals surface area contributed by atoms with Crippen LogP contribution in [0.15, 0.2) is 47.1 Å². The average Bonchev–Trinajstić information content (AvgIpc) is 3.42. The van der Waals surface area contributed by atoms with Crippen molar-refractivity contribution < 1.29 is 32.3 Å². The molecular formula is C23H19F2N5O5. The average molecular weight is 483 g/mol. The standard InChI is InChI=1S/C23H19F2N5O5/c1-34-15-2-3-18-13(6-15)7-19(35-18)22(33)29-17-10-27-5-4-16(17)21(32)28-11-20(31)30-12-23(24,25)8-14(30)9-26/h2-7,10,14H,8,11-12H2,1H3,(H,28,32)(H,29,33). The number of hydrogen-bond donors (Lipinski definition) is 2. The molecule has 1 fully saturated rings. The number of rotatable bonds is 6. The van der Waals surface area contributed by atoms with Crippen molar-refractivity contribution in [3.8, 4) is 11.8 Å². The normalized spacial score (nSPS) is 16.5. The van der Waals surface area contributed by atoms with Gasteiger partial charge in [-0.25, -0.2) is 8.78 Å². The zero-order chi connectivity index (χ0) is 25.2. The van der Waals surface area contributed by atoms with Gasteiger partial charge in [-0.1, -0.05) is 0 Å². The Kier molecular flexibility index (Phi) is 6.33. The summed E-state index contributed by atoms with van der Waals surface area (Å²) >= 11 is 0. The van der Waals surface area contributed by atoms with Crippen molar-refractivity contribution in [1.29, 1.82) is 5.26 Å². The number of fused-ring (bicyclic) bond motifs is 1. The maximum Gasteiger partial charge on any atom is 0.291 e. The Bertz CT molecular complexity index is 1350. The molecule has 1 aliphatic rings. The number of aromatic nitrogens is 1. The Hall–Kier alpha value is -4.53. The second-order valence-electron chi connectivity index (χ2n) is 7.80. The Labute approximate surface area is 197 Å². The molecule has 0 bridgehead atoms. The van der Waals surface area contributed by atoms with E-state index in [0.717, 1.165) is 4.90 Å². The highest BCUT2D eigenvalue weighted by Gasteiger charge is 2.47. The van der Waals surface area contributed by atoms with Crippen molar-refractivity contribution in [3.63, 3.8) is 0 Å². The van der Waals surface area contributed by atoms with Crippen molar-refractivity contribution in [2.45, 2.75) is 18.4 Å². The molecule has 2 N–H and O–H groups in total. The first kappa shape index (κ1) is 23.6. The number of halogens is 2. The number of carbonyl (C=O) groups excluding carboxylic acids is 3. The number of hydrogen-bond acceptors (Lipinski definition) is 7. The Balaban J connectivity index is 1.44. The SMILES string of the molecule is COc1ccc2oc(C(=O)Nc3cnccc3C(=O)NCC(=O)N3CC(F)(F)CC3C#N)cc2c1. The highest BCUT2D eigenvalue weighted by atomic mass is 19.3. The molecule has 35 heavy (non-hydrogen) atoms. The number of amides is 3. The number of carbonyl (C=O) groups is 3. The summed E-state index contributed by atoms with van der Waals surface area (Å²) in [5.41, 5.74) is 0.493. The molecule has 3 heterocycles. The van der Waals surface area contributed by atoms with Crippen LogP contribution in [0.3, 0.4) is 0 Å². The topological polar surface area (TPSA) is 138 Å². The van der Waals surface area contributed by atoms with E-state index in [2.05, 4.69) is 15.6 Å². The van der Waals surface area contributed by atoms with Crippen LogP contribution in [0.2, 0.25) is 0 Å². The van der Waals surface area contributed by atoms with Crippen LogP contribution in [0.4, 0.5) is 14.5 Å². The van der Waals surface area contributed by atoms with Crippen LogP contribution in [-0.4, -0.2) is 59.8 Å². The van der Waals surface area contributed by atoms with Gasteiger partial charge in [0.2, 0.25) is 5.91 Å². The molecule has 0 aliphatic carbocycles. The van der Waals surface area contributed by atoms with Crippen molar-refractivity contribution in [2.75, 3.05) is 25.5 Å². The number of nitrogens with one attached hydrogen (secondary N) is 2. The molecule has 3 amide bonds. The van der Waals surface area contributed by atoms with E-state index in [0.29, 0.717) is 16.7 Å². The lowest BCUT2D eigenvalue weighted by Crippen LogP contribution is -2.43. The number of furan rings is 1. The van der Waals surface area contributed by atoms with E-state index in [1.54, 1.807) is 24.3 Å². The third-order valence-electron chi connectivity index (χ3n) is 5.40. The fourth-order valence-corrected chi connectivity index (χ4v) is 3.68. The number of anilines is 1. The first-order valence-corrected chi connectivity index (χ1v) is 10.4. The summed E-state index contributed by atoms with van der Waals surface area (Å²) in [5.74, 6) is -4.80. The van der Waals surface area contributed by atoms with Gasteiger partial charge in [0.15, 0.2) is 5.76 Å². The van der Waals surface area contributed by atoms with Crippen LogP contribution in [0.5, 0.6) is 5.75 Å². The number of benzene rings is 1. The molecule has 2 aromatic heterocycles. The molecule has 1 unspecified atom stereocenters. The van der Waals surface area contributed by atoms with E-state index in [9.17, 15) is 23.2 Å². The summed E-state index contributed by atoms with van der Waals surface area (Å²) in [6, 6.07) is 8.27. The molecule has 4 rings (SSSR count). The summed E-state index contributed by atoms with van der Waals surface area (Å²) in [6.45, 7) is -1.49. The maximum atomic E-state index is 13.6. The highest BCUT2D eigenvalue weighted by Crippen LogP contribution is 2.31. The molecular weight excluding hydrogens is 464 g/mol. The van der Waals surface area contributed by atoms with Crippen LogP contribution in [0, 0.1) is 11.3 Å². The smallest absolute Gasteiger partial charge is 0.291 e. The van der Waals surface area contributed by atoms with Gasteiger partial charge in [0.25, 0.3) is 17.7 Å². The number of alkyl halides is 2. The van der Waals surface area contributed by atoms with E-state index in [-0.39, 0.29) is 17.0 Å². The number of likely N-dealkylation sites (tertiary alicyclic amines) is 1. The quantitative estimate of drug-likeness (QED) is 0.550. The third kappa shape index (κ3) is 5.03. The molecule has 0 saturated carbocycles. The zero-order valence-electron chi connectivity index (χ0n) is 18.4. The highest BCUT2D eigenvalue weighted by molar-refractivity contribution is 6.09. The number of methoxy groups -OCH3 is 1. The van der Waals surface area contributed by atoms with Crippen LogP contribution in [-0.2, 0) is 4.79 Å². The Morgan fingerprint density at radius 2 is 2.09 bits per heavy atom. The van der Waals surface area contributed by atoms with Gasteiger partial charge in [0.1, 0.15) is 17.4 Å². The van der Waals surface area contributed by atoms with Gasteiger partial charge in [0, 0.05) is 18.0 Å². The van der Waals surface area contributed by atoms with Crippen LogP contribution < -0.4 is 15.4 Å². The van der Waals surface area contributed by atoms with Gasteiger partial charge in [-0.15, -0.1) is 0 Å². The molecule has 10 nitrogen and oxygen atoms in total. The van der Waals surface area contributed by atoms with Gasteiger partial charge in [0.05, 0.1) is 43.7 Å². The molecule has 0 spiro atoms. The second-order valence-corrected chi connectivity index (χ2v) is 7.80. The molecule has 1 aliphatic heterocycles. The molecule has 1 aromatic carbocycles. The van der Waals surface area contributed by atoms with Crippen LogP contribution in [0.1, 0.15) is 27.3 Å². The van der Waals surface area contributed by atoms with Gasteiger partial charge in [-0.2, -0.15) is 5.26 Å². The predicted octanol–water partition coefficient (Wildman–Crippen LogP) is 2.58. The molecule has 180 valence electrons. The van der Waals surface area contributed by atoms with Crippen LogP contribution in [0.25, 0.3) is 11.0 Å². The van der Waals surface area contributed by atoms with E-state index in [4.69, 9.17) is 14.4 Å². The van der Waals surface area contributed by atoms with Crippen molar-refractivity contribution in [1.82, 2.24) is 15.2 Å². The third-order valence-corrected chi connectivity index (χ3v) is 5.40. The minimum absolute atomic E-state index is 0.0116. The van der Waals surface area contributed by atoms with E-state index < -0.39 is 49.2 Å². The minimum Gasteiger partial charge on any atom is -0.497 e. The molecule has 12 heteroatoms. The number of pyridine rings is 1. The lowest BCUT2D eigenvalue weighted by atomic mass is 10.2. The second kappa shape index (κ2) is 9.38. The van der Waals surface area contributed by atoms with E-state index in [1.165, 1.54) is 31.6 Å². The van der Waals surface area contributed by atoms with E-state index >= 15 is 0 Å². The summed E-state index contributed by atoms with van der Waals surface area (Å²) < 4.78 is 37.9. The van der Waals surface area contributed by atoms with Gasteiger partial charge in [-0.3, -0.25) is 19.4 Å². The first-order chi connectivity index (χ1) is 16.7.